The van der Waals surface area contributed by atoms with Crippen LogP contribution in [0.1, 0.15) is 25.1 Å². The van der Waals surface area contributed by atoms with Gasteiger partial charge in [-0.15, -0.1) is 0 Å². The predicted octanol–water partition coefficient (Wildman–Crippen LogP) is 2.67. The summed E-state index contributed by atoms with van der Waals surface area (Å²) in [4.78, 5) is 15.6. The molecule has 7 heteroatoms. The Morgan fingerprint density at radius 3 is 2.67 bits per heavy atom. The standard InChI is InChI=1S/C14H16F3N3O/c1-9(2)13(21)18-6-5-11-8-20-7-10(14(15,16)17)3-4-12(20)19-11/h3-4,7-9H,5-6H2,1-2H3,(H,18,21). The van der Waals surface area contributed by atoms with Crippen molar-refractivity contribution < 1.29 is 18.0 Å². The summed E-state index contributed by atoms with van der Waals surface area (Å²) in [5.41, 5.74) is 0.374. The van der Waals surface area contributed by atoms with Crippen molar-refractivity contribution in [2.24, 2.45) is 5.92 Å². The van der Waals surface area contributed by atoms with Crippen molar-refractivity contribution in [3.05, 3.63) is 35.8 Å². The molecule has 0 aliphatic carbocycles. The van der Waals surface area contributed by atoms with E-state index >= 15 is 0 Å². The summed E-state index contributed by atoms with van der Waals surface area (Å²) in [6.45, 7) is 3.99. The van der Waals surface area contributed by atoms with Gasteiger partial charge in [0.25, 0.3) is 0 Å². The second kappa shape index (κ2) is 5.75. The molecule has 0 aliphatic rings. The second-order valence-corrected chi connectivity index (χ2v) is 5.11. The largest absolute Gasteiger partial charge is 0.417 e. The van der Waals surface area contributed by atoms with Gasteiger partial charge in [-0.25, -0.2) is 4.98 Å². The van der Waals surface area contributed by atoms with E-state index in [1.54, 1.807) is 20.0 Å². The van der Waals surface area contributed by atoms with Crippen LogP contribution < -0.4 is 5.32 Å². The van der Waals surface area contributed by atoms with Crippen molar-refractivity contribution in [1.29, 1.82) is 0 Å². The van der Waals surface area contributed by atoms with Gasteiger partial charge < -0.3 is 9.72 Å². The van der Waals surface area contributed by atoms with Crippen molar-refractivity contribution >= 4 is 11.6 Å². The summed E-state index contributed by atoms with van der Waals surface area (Å²) < 4.78 is 39.2. The highest BCUT2D eigenvalue weighted by molar-refractivity contribution is 5.77. The molecule has 2 aromatic rings. The van der Waals surface area contributed by atoms with Crippen molar-refractivity contribution in [2.75, 3.05) is 6.54 Å². The van der Waals surface area contributed by atoms with Gasteiger partial charge in [-0.2, -0.15) is 13.2 Å². The number of hydrogen-bond donors (Lipinski definition) is 1. The van der Waals surface area contributed by atoms with Crippen LogP contribution >= 0.6 is 0 Å². The highest BCUT2D eigenvalue weighted by Gasteiger charge is 2.30. The quantitative estimate of drug-likeness (QED) is 0.943. The summed E-state index contributed by atoms with van der Waals surface area (Å²) >= 11 is 0. The number of alkyl halides is 3. The molecular weight excluding hydrogens is 283 g/mol. The molecule has 1 N–H and O–H groups in total. The van der Waals surface area contributed by atoms with Gasteiger partial charge in [0.2, 0.25) is 5.91 Å². The molecule has 0 saturated heterocycles. The average molecular weight is 299 g/mol. The number of carbonyl (C=O) groups is 1. The first-order chi connectivity index (χ1) is 9.77. The predicted molar refractivity (Wildman–Crippen MR) is 71.7 cm³/mol. The summed E-state index contributed by atoms with van der Waals surface area (Å²) in [5.74, 6) is -0.154. The van der Waals surface area contributed by atoms with Crippen molar-refractivity contribution in [3.63, 3.8) is 0 Å². The Balaban J connectivity index is 2.07. The normalized spacial score (nSPS) is 12.1. The molecule has 2 rings (SSSR count). The number of amides is 1. The van der Waals surface area contributed by atoms with E-state index < -0.39 is 11.7 Å². The molecule has 0 aromatic carbocycles. The number of rotatable bonds is 4. The fourth-order valence-corrected chi connectivity index (χ4v) is 1.85. The van der Waals surface area contributed by atoms with Crippen LogP contribution in [0.2, 0.25) is 0 Å². The minimum absolute atomic E-state index is 0.0573. The van der Waals surface area contributed by atoms with Gasteiger partial charge in [0.05, 0.1) is 11.3 Å². The van der Waals surface area contributed by atoms with E-state index in [-0.39, 0.29) is 11.8 Å². The number of nitrogens with zero attached hydrogens (tertiary/aromatic N) is 2. The van der Waals surface area contributed by atoms with Crippen molar-refractivity contribution in [2.45, 2.75) is 26.4 Å². The molecule has 0 saturated carbocycles. The van der Waals surface area contributed by atoms with Gasteiger partial charge >= 0.3 is 6.18 Å². The van der Waals surface area contributed by atoms with E-state index in [2.05, 4.69) is 10.3 Å². The molecule has 0 spiro atoms. The Morgan fingerprint density at radius 2 is 2.05 bits per heavy atom. The fraction of sp³-hybridized carbons (Fsp3) is 0.429. The Hall–Kier alpha value is -2.05. The lowest BCUT2D eigenvalue weighted by atomic mass is 10.2. The number of halogens is 3. The fourth-order valence-electron chi connectivity index (χ4n) is 1.85. The summed E-state index contributed by atoms with van der Waals surface area (Å²) in [6, 6.07) is 2.34. The van der Waals surface area contributed by atoms with Crippen LogP contribution in [0.4, 0.5) is 13.2 Å². The van der Waals surface area contributed by atoms with Gasteiger partial charge in [-0.05, 0) is 12.1 Å². The second-order valence-electron chi connectivity index (χ2n) is 5.11. The van der Waals surface area contributed by atoms with Crippen LogP contribution in [0, 0.1) is 5.92 Å². The summed E-state index contributed by atoms with van der Waals surface area (Å²) in [6.07, 6.45) is -1.34. The Bertz CT molecular complexity index is 646. The van der Waals surface area contributed by atoms with Crippen LogP contribution in [0.5, 0.6) is 0 Å². The lowest BCUT2D eigenvalue weighted by Crippen LogP contribution is -2.29. The van der Waals surface area contributed by atoms with Crippen LogP contribution in [0.3, 0.4) is 0 Å². The first-order valence-electron chi connectivity index (χ1n) is 6.60. The molecule has 0 unspecified atom stereocenters. The van der Waals surface area contributed by atoms with Crippen LogP contribution in [0.25, 0.3) is 5.65 Å². The van der Waals surface area contributed by atoms with E-state index in [9.17, 15) is 18.0 Å². The van der Waals surface area contributed by atoms with Gasteiger partial charge in [0.15, 0.2) is 0 Å². The zero-order valence-electron chi connectivity index (χ0n) is 11.7. The van der Waals surface area contributed by atoms with Gasteiger partial charge in [0, 0.05) is 31.3 Å². The number of pyridine rings is 1. The SMILES string of the molecule is CC(C)C(=O)NCCc1cn2cc(C(F)(F)F)ccc2n1. The topological polar surface area (TPSA) is 46.4 Å². The number of nitrogens with one attached hydrogen (secondary N) is 1. The molecule has 21 heavy (non-hydrogen) atoms. The molecule has 4 nitrogen and oxygen atoms in total. The van der Waals surface area contributed by atoms with E-state index in [0.717, 1.165) is 12.3 Å². The number of carbonyl (C=O) groups excluding carboxylic acids is 1. The maximum absolute atomic E-state index is 12.6. The minimum Gasteiger partial charge on any atom is -0.355 e. The zero-order chi connectivity index (χ0) is 15.6. The molecular formula is C14H16F3N3O. The van der Waals surface area contributed by atoms with Crippen molar-refractivity contribution in [3.8, 4) is 0 Å². The number of fused-ring (bicyclic) bond motifs is 1. The third-order valence-electron chi connectivity index (χ3n) is 3.03. The molecule has 2 heterocycles. The maximum Gasteiger partial charge on any atom is 0.417 e. The monoisotopic (exact) mass is 299 g/mol. The lowest BCUT2D eigenvalue weighted by Gasteiger charge is -2.06. The lowest BCUT2D eigenvalue weighted by molar-refractivity contribution is -0.137. The van der Waals surface area contributed by atoms with Gasteiger partial charge in [0.1, 0.15) is 5.65 Å². The molecule has 0 atom stereocenters. The number of hydrogen-bond acceptors (Lipinski definition) is 2. The van der Waals surface area contributed by atoms with Crippen LogP contribution in [-0.4, -0.2) is 21.8 Å². The van der Waals surface area contributed by atoms with Crippen LogP contribution in [-0.2, 0) is 17.4 Å². The minimum atomic E-state index is -4.37. The van der Waals surface area contributed by atoms with Gasteiger partial charge in [-0.3, -0.25) is 4.79 Å². The highest BCUT2D eigenvalue weighted by atomic mass is 19.4. The number of imidazole rings is 1. The molecule has 1 amide bonds. The number of aromatic nitrogens is 2. The Kier molecular flexibility index (Phi) is 4.20. The smallest absolute Gasteiger partial charge is 0.355 e. The average Bonchev–Trinajstić information content (AvgIpc) is 2.78. The van der Waals surface area contributed by atoms with E-state index in [0.29, 0.717) is 24.3 Å². The third kappa shape index (κ3) is 3.74. The Morgan fingerprint density at radius 1 is 1.33 bits per heavy atom. The molecule has 2 aromatic heterocycles. The highest BCUT2D eigenvalue weighted by Crippen LogP contribution is 2.29. The molecule has 0 aliphatic heterocycles. The zero-order valence-corrected chi connectivity index (χ0v) is 11.7. The third-order valence-corrected chi connectivity index (χ3v) is 3.03. The molecule has 0 fully saturated rings. The molecule has 0 radical (unpaired) electrons. The molecule has 114 valence electrons. The van der Waals surface area contributed by atoms with Crippen molar-refractivity contribution in [1.82, 2.24) is 14.7 Å². The summed E-state index contributed by atoms with van der Waals surface area (Å²) in [5, 5.41) is 2.74. The summed E-state index contributed by atoms with van der Waals surface area (Å²) in [7, 11) is 0. The Labute approximate surface area is 120 Å². The van der Waals surface area contributed by atoms with E-state index in [4.69, 9.17) is 0 Å². The first-order valence-corrected chi connectivity index (χ1v) is 6.60. The molecule has 0 bridgehead atoms. The van der Waals surface area contributed by atoms with E-state index in [1.807, 2.05) is 0 Å². The van der Waals surface area contributed by atoms with Gasteiger partial charge in [-0.1, -0.05) is 13.8 Å². The van der Waals surface area contributed by atoms with E-state index in [1.165, 1.54) is 10.5 Å². The van der Waals surface area contributed by atoms with Crippen LogP contribution in [0.15, 0.2) is 24.5 Å². The maximum atomic E-state index is 12.6. The first kappa shape index (κ1) is 15.3.